The number of piperazine rings is 1. The number of hydrogen-bond acceptors (Lipinski definition) is 4. The van der Waals surface area contributed by atoms with Crippen LogP contribution in [0.3, 0.4) is 0 Å². The predicted molar refractivity (Wildman–Crippen MR) is 80.1 cm³/mol. The number of nitriles is 1. The summed E-state index contributed by atoms with van der Waals surface area (Å²) in [6.45, 7) is 4.73. The van der Waals surface area contributed by atoms with E-state index in [9.17, 15) is 4.79 Å². The zero-order valence-electron chi connectivity index (χ0n) is 12.2. The highest BCUT2D eigenvalue weighted by molar-refractivity contribution is 5.89. The largest absolute Gasteiger partial charge is 0.383 e. The van der Waals surface area contributed by atoms with Crippen LogP contribution in [0.2, 0.25) is 0 Å². The van der Waals surface area contributed by atoms with E-state index in [2.05, 4.69) is 16.3 Å². The molecule has 112 valence electrons. The first-order valence-electron chi connectivity index (χ1n) is 7.00. The molecule has 1 aliphatic rings. The maximum Gasteiger partial charge on any atom is 0.321 e. The van der Waals surface area contributed by atoms with Crippen LogP contribution in [0.1, 0.15) is 5.56 Å². The van der Waals surface area contributed by atoms with E-state index in [1.807, 2.05) is 0 Å². The van der Waals surface area contributed by atoms with Gasteiger partial charge in [-0.05, 0) is 18.2 Å². The molecule has 6 heteroatoms. The van der Waals surface area contributed by atoms with Gasteiger partial charge in [0, 0.05) is 45.5 Å². The first-order chi connectivity index (χ1) is 10.2. The molecule has 2 amide bonds. The van der Waals surface area contributed by atoms with E-state index in [1.165, 1.54) is 0 Å². The van der Waals surface area contributed by atoms with E-state index in [-0.39, 0.29) is 6.03 Å². The minimum absolute atomic E-state index is 0.114. The van der Waals surface area contributed by atoms with E-state index in [0.717, 1.165) is 19.6 Å². The van der Waals surface area contributed by atoms with Gasteiger partial charge in [0.15, 0.2) is 0 Å². The first-order valence-corrected chi connectivity index (χ1v) is 7.00. The number of urea groups is 1. The second kappa shape index (κ2) is 7.62. The van der Waals surface area contributed by atoms with Crippen molar-refractivity contribution in [2.75, 3.05) is 51.8 Å². The summed E-state index contributed by atoms with van der Waals surface area (Å²) in [7, 11) is 1.69. The fourth-order valence-corrected chi connectivity index (χ4v) is 2.26. The van der Waals surface area contributed by atoms with Crippen LogP contribution >= 0.6 is 0 Å². The van der Waals surface area contributed by atoms with E-state index >= 15 is 0 Å². The second-order valence-electron chi connectivity index (χ2n) is 4.94. The van der Waals surface area contributed by atoms with Crippen LogP contribution in [0.5, 0.6) is 0 Å². The number of methoxy groups -OCH3 is 1. The summed E-state index contributed by atoms with van der Waals surface area (Å²) in [5, 5.41) is 11.7. The summed E-state index contributed by atoms with van der Waals surface area (Å²) in [5.41, 5.74) is 1.19. The Balaban J connectivity index is 1.83. The molecule has 0 spiro atoms. The summed E-state index contributed by atoms with van der Waals surface area (Å²) in [6, 6.07) is 8.88. The lowest BCUT2D eigenvalue weighted by atomic mass is 10.2. The molecule has 1 aliphatic heterocycles. The molecule has 0 atom stereocenters. The molecule has 1 aromatic rings. The van der Waals surface area contributed by atoms with Gasteiger partial charge in [0.2, 0.25) is 0 Å². The third-order valence-electron chi connectivity index (χ3n) is 3.51. The number of rotatable bonds is 4. The van der Waals surface area contributed by atoms with Crippen molar-refractivity contribution in [3.05, 3.63) is 29.8 Å². The molecule has 0 aliphatic carbocycles. The van der Waals surface area contributed by atoms with Crippen molar-refractivity contribution in [2.45, 2.75) is 0 Å². The second-order valence-corrected chi connectivity index (χ2v) is 4.94. The third kappa shape index (κ3) is 4.45. The molecule has 0 saturated carbocycles. The predicted octanol–water partition coefficient (Wildman–Crippen LogP) is 1.35. The van der Waals surface area contributed by atoms with Gasteiger partial charge in [-0.3, -0.25) is 4.90 Å². The molecule has 21 heavy (non-hydrogen) atoms. The van der Waals surface area contributed by atoms with E-state index in [4.69, 9.17) is 10.00 Å². The summed E-state index contributed by atoms with van der Waals surface area (Å²) in [4.78, 5) is 16.3. The highest BCUT2D eigenvalue weighted by Crippen LogP contribution is 2.11. The number of amides is 2. The Morgan fingerprint density at radius 1 is 1.38 bits per heavy atom. The molecular weight excluding hydrogens is 268 g/mol. The van der Waals surface area contributed by atoms with Crippen molar-refractivity contribution in [2.24, 2.45) is 0 Å². The van der Waals surface area contributed by atoms with Gasteiger partial charge in [0.25, 0.3) is 0 Å². The summed E-state index contributed by atoms with van der Waals surface area (Å²) in [5.74, 6) is 0. The van der Waals surface area contributed by atoms with Crippen LogP contribution in [0, 0.1) is 11.3 Å². The van der Waals surface area contributed by atoms with Crippen LogP contribution in [-0.4, -0.2) is 62.3 Å². The maximum atomic E-state index is 12.2. The quantitative estimate of drug-likeness (QED) is 0.908. The lowest BCUT2D eigenvalue weighted by Crippen LogP contribution is -2.50. The minimum Gasteiger partial charge on any atom is -0.383 e. The average molecular weight is 288 g/mol. The Hall–Kier alpha value is -2.10. The SMILES string of the molecule is COCCN1CCN(C(=O)Nc2cccc(C#N)c2)CC1. The van der Waals surface area contributed by atoms with Crippen molar-refractivity contribution in [3.63, 3.8) is 0 Å². The Bertz CT molecular complexity index is 519. The molecule has 1 aromatic carbocycles. The van der Waals surface area contributed by atoms with Crippen LogP contribution in [0.15, 0.2) is 24.3 Å². The molecule has 1 heterocycles. The van der Waals surface area contributed by atoms with Gasteiger partial charge < -0.3 is 15.0 Å². The molecule has 0 radical (unpaired) electrons. The van der Waals surface area contributed by atoms with Gasteiger partial charge in [0.05, 0.1) is 18.2 Å². The highest BCUT2D eigenvalue weighted by atomic mass is 16.5. The third-order valence-corrected chi connectivity index (χ3v) is 3.51. The number of anilines is 1. The Morgan fingerprint density at radius 3 is 2.81 bits per heavy atom. The van der Waals surface area contributed by atoms with Gasteiger partial charge in [-0.25, -0.2) is 4.79 Å². The van der Waals surface area contributed by atoms with Crippen molar-refractivity contribution in [1.82, 2.24) is 9.80 Å². The number of benzene rings is 1. The maximum absolute atomic E-state index is 12.2. The molecular formula is C15H20N4O2. The van der Waals surface area contributed by atoms with Crippen molar-refractivity contribution in [1.29, 1.82) is 5.26 Å². The zero-order chi connectivity index (χ0) is 15.1. The van der Waals surface area contributed by atoms with Crippen LogP contribution in [-0.2, 0) is 4.74 Å². The number of hydrogen-bond donors (Lipinski definition) is 1. The van der Waals surface area contributed by atoms with Crippen LogP contribution in [0.4, 0.5) is 10.5 Å². The first kappa shape index (κ1) is 15.3. The fraction of sp³-hybridized carbons (Fsp3) is 0.467. The lowest BCUT2D eigenvalue weighted by molar-refractivity contribution is 0.109. The van der Waals surface area contributed by atoms with E-state index in [0.29, 0.717) is 30.9 Å². The number of carbonyl (C=O) groups excluding carboxylic acids is 1. The van der Waals surface area contributed by atoms with Gasteiger partial charge in [0.1, 0.15) is 0 Å². The monoisotopic (exact) mass is 288 g/mol. The average Bonchev–Trinajstić information content (AvgIpc) is 2.53. The Kier molecular flexibility index (Phi) is 5.55. The highest BCUT2D eigenvalue weighted by Gasteiger charge is 2.20. The number of nitrogens with one attached hydrogen (secondary N) is 1. The molecule has 1 fully saturated rings. The molecule has 1 N–H and O–H groups in total. The molecule has 1 saturated heterocycles. The smallest absolute Gasteiger partial charge is 0.321 e. The van der Waals surface area contributed by atoms with Gasteiger partial charge in [-0.2, -0.15) is 5.26 Å². The summed E-state index contributed by atoms with van der Waals surface area (Å²) < 4.78 is 5.06. The normalized spacial score (nSPS) is 15.5. The Morgan fingerprint density at radius 2 is 2.14 bits per heavy atom. The van der Waals surface area contributed by atoms with Crippen molar-refractivity contribution in [3.8, 4) is 6.07 Å². The topological polar surface area (TPSA) is 68.6 Å². The standard InChI is InChI=1S/C15H20N4O2/c1-21-10-9-18-5-7-19(8-6-18)15(20)17-14-4-2-3-13(11-14)12-16/h2-4,11H,5-10H2,1H3,(H,17,20). The molecule has 0 unspecified atom stereocenters. The molecule has 0 bridgehead atoms. The van der Waals surface area contributed by atoms with E-state index < -0.39 is 0 Å². The summed E-state index contributed by atoms with van der Waals surface area (Å²) >= 11 is 0. The fourth-order valence-electron chi connectivity index (χ4n) is 2.26. The minimum atomic E-state index is -0.114. The summed E-state index contributed by atoms with van der Waals surface area (Å²) in [6.07, 6.45) is 0. The van der Waals surface area contributed by atoms with Gasteiger partial charge >= 0.3 is 6.03 Å². The molecule has 6 nitrogen and oxygen atoms in total. The van der Waals surface area contributed by atoms with Crippen LogP contribution in [0.25, 0.3) is 0 Å². The number of carbonyl (C=O) groups is 1. The Labute approximate surface area is 124 Å². The molecule has 2 rings (SSSR count). The van der Waals surface area contributed by atoms with Gasteiger partial charge in [-0.1, -0.05) is 6.07 Å². The van der Waals surface area contributed by atoms with Crippen molar-refractivity contribution >= 4 is 11.7 Å². The lowest BCUT2D eigenvalue weighted by Gasteiger charge is -2.34. The van der Waals surface area contributed by atoms with Gasteiger partial charge in [-0.15, -0.1) is 0 Å². The van der Waals surface area contributed by atoms with Crippen LogP contribution < -0.4 is 5.32 Å². The number of ether oxygens (including phenoxy) is 1. The van der Waals surface area contributed by atoms with E-state index in [1.54, 1.807) is 36.3 Å². The van der Waals surface area contributed by atoms with Crippen molar-refractivity contribution < 1.29 is 9.53 Å². The zero-order valence-corrected chi connectivity index (χ0v) is 12.2. The number of nitrogens with zero attached hydrogens (tertiary/aromatic N) is 3. The molecule has 0 aromatic heterocycles.